The number of aryl methyl sites for hydroxylation is 1. The van der Waals surface area contributed by atoms with Crippen LogP contribution in [0.2, 0.25) is 0 Å². The summed E-state index contributed by atoms with van der Waals surface area (Å²) < 4.78 is 1.99. The van der Waals surface area contributed by atoms with E-state index in [0.29, 0.717) is 13.1 Å². The van der Waals surface area contributed by atoms with Crippen LogP contribution in [0.4, 0.5) is 0 Å². The van der Waals surface area contributed by atoms with Crippen molar-refractivity contribution in [3.8, 4) is 0 Å². The number of aromatic nitrogens is 3. The zero-order valence-electron chi connectivity index (χ0n) is 17.5. The van der Waals surface area contributed by atoms with Gasteiger partial charge in [0.15, 0.2) is 11.8 Å². The highest BCUT2D eigenvalue weighted by Crippen LogP contribution is 2.47. The second-order valence-corrected chi connectivity index (χ2v) is 7.73. The summed E-state index contributed by atoms with van der Waals surface area (Å²) >= 11 is 0. The predicted octanol–water partition coefficient (Wildman–Crippen LogP) is 3.71. The van der Waals surface area contributed by atoms with E-state index in [1.54, 1.807) is 0 Å². The molecule has 0 radical (unpaired) electrons. The Bertz CT molecular complexity index is 964. The molecule has 1 saturated carbocycles. The standard InChI is InChI=1S/C23H28N6.HI/c1-18-27-28-21(29(18)2)16-25-22(24-15-19-9-5-3-6-10-19)26-17-23(13-14-23)20-11-7-4-8-12-20;/h3-12H,13-17H2,1-2H3,(H2,24,25,26);1H. The molecule has 4 rings (SSSR count). The molecule has 30 heavy (non-hydrogen) atoms. The van der Waals surface area contributed by atoms with Gasteiger partial charge >= 0.3 is 0 Å². The Balaban J connectivity index is 0.00000256. The molecule has 0 aliphatic heterocycles. The molecule has 7 heteroatoms. The molecule has 3 aromatic rings. The SMILES string of the molecule is Cc1nnc(CNC(=NCc2ccccc2)NCC2(c3ccccc3)CC2)n1C.I. The summed E-state index contributed by atoms with van der Waals surface area (Å²) in [5, 5.41) is 15.4. The van der Waals surface area contributed by atoms with Gasteiger partial charge in [-0.2, -0.15) is 0 Å². The van der Waals surface area contributed by atoms with Gasteiger partial charge < -0.3 is 15.2 Å². The number of aliphatic imine (C=N–C) groups is 1. The minimum absolute atomic E-state index is 0. The summed E-state index contributed by atoms with van der Waals surface area (Å²) in [6.07, 6.45) is 2.41. The maximum atomic E-state index is 4.81. The Morgan fingerprint density at radius 2 is 1.67 bits per heavy atom. The largest absolute Gasteiger partial charge is 0.355 e. The lowest BCUT2D eigenvalue weighted by Gasteiger charge is -2.19. The molecule has 158 valence electrons. The van der Waals surface area contributed by atoms with Crippen LogP contribution in [0, 0.1) is 6.92 Å². The number of benzene rings is 2. The fourth-order valence-corrected chi connectivity index (χ4v) is 3.46. The molecule has 2 N–H and O–H groups in total. The van der Waals surface area contributed by atoms with Crippen LogP contribution in [-0.4, -0.2) is 27.3 Å². The van der Waals surface area contributed by atoms with E-state index in [1.165, 1.54) is 24.0 Å². The first-order valence-corrected chi connectivity index (χ1v) is 10.1. The maximum absolute atomic E-state index is 4.81. The van der Waals surface area contributed by atoms with E-state index in [9.17, 15) is 0 Å². The van der Waals surface area contributed by atoms with Crippen molar-refractivity contribution in [1.29, 1.82) is 0 Å². The fourth-order valence-electron chi connectivity index (χ4n) is 3.46. The van der Waals surface area contributed by atoms with Crippen molar-refractivity contribution in [3.05, 3.63) is 83.4 Å². The Morgan fingerprint density at radius 1 is 1.00 bits per heavy atom. The van der Waals surface area contributed by atoms with Gasteiger partial charge in [0.25, 0.3) is 0 Å². The number of guanidine groups is 1. The van der Waals surface area contributed by atoms with E-state index in [1.807, 2.05) is 36.7 Å². The van der Waals surface area contributed by atoms with Gasteiger partial charge in [-0.1, -0.05) is 60.7 Å². The van der Waals surface area contributed by atoms with E-state index < -0.39 is 0 Å². The third-order valence-electron chi connectivity index (χ3n) is 5.69. The molecule has 0 saturated heterocycles. The molecule has 0 amide bonds. The summed E-state index contributed by atoms with van der Waals surface area (Å²) in [7, 11) is 1.98. The first kappa shape index (κ1) is 22.3. The van der Waals surface area contributed by atoms with Crippen LogP contribution < -0.4 is 10.6 Å². The summed E-state index contributed by atoms with van der Waals surface area (Å²) in [5.41, 5.74) is 2.81. The van der Waals surface area contributed by atoms with Gasteiger partial charge in [-0.3, -0.25) is 0 Å². The monoisotopic (exact) mass is 516 g/mol. The number of halogens is 1. The average Bonchev–Trinajstić information content (AvgIpc) is 3.50. The third-order valence-corrected chi connectivity index (χ3v) is 5.69. The lowest BCUT2D eigenvalue weighted by Crippen LogP contribution is -2.41. The van der Waals surface area contributed by atoms with Gasteiger partial charge in [-0.25, -0.2) is 4.99 Å². The molecule has 1 fully saturated rings. The van der Waals surface area contributed by atoms with Crippen molar-refractivity contribution in [1.82, 2.24) is 25.4 Å². The minimum Gasteiger partial charge on any atom is -0.355 e. The van der Waals surface area contributed by atoms with Crippen molar-refractivity contribution < 1.29 is 0 Å². The van der Waals surface area contributed by atoms with Crippen molar-refractivity contribution in [2.75, 3.05) is 6.54 Å². The molecule has 1 heterocycles. The Labute approximate surface area is 195 Å². The highest BCUT2D eigenvalue weighted by molar-refractivity contribution is 14.0. The lowest BCUT2D eigenvalue weighted by atomic mass is 9.96. The summed E-state index contributed by atoms with van der Waals surface area (Å²) in [6.45, 7) is 4.04. The molecule has 2 aromatic carbocycles. The van der Waals surface area contributed by atoms with Crippen LogP contribution in [0.1, 0.15) is 35.6 Å². The average molecular weight is 516 g/mol. The molecule has 1 aliphatic rings. The Morgan fingerprint density at radius 3 is 2.27 bits per heavy atom. The van der Waals surface area contributed by atoms with Gasteiger partial charge in [0.1, 0.15) is 5.82 Å². The van der Waals surface area contributed by atoms with Crippen molar-refractivity contribution in [3.63, 3.8) is 0 Å². The maximum Gasteiger partial charge on any atom is 0.192 e. The van der Waals surface area contributed by atoms with Crippen molar-refractivity contribution >= 4 is 29.9 Å². The molecule has 1 aliphatic carbocycles. The minimum atomic E-state index is 0. The molecule has 6 nitrogen and oxygen atoms in total. The van der Waals surface area contributed by atoms with Crippen LogP contribution >= 0.6 is 24.0 Å². The summed E-state index contributed by atoms with van der Waals surface area (Å²) in [5.74, 6) is 2.59. The molecule has 0 spiro atoms. The topological polar surface area (TPSA) is 67.1 Å². The van der Waals surface area contributed by atoms with E-state index >= 15 is 0 Å². The van der Waals surface area contributed by atoms with E-state index in [0.717, 1.165) is 24.2 Å². The van der Waals surface area contributed by atoms with Gasteiger partial charge in [-0.05, 0) is 30.9 Å². The molecule has 0 atom stereocenters. The highest BCUT2D eigenvalue weighted by Gasteiger charge is 2.44. The zero-order valence-corrected chi connectivity index (χ0v) is 19.8. The fraction of sp³-hybridized carbons (Fsp3) is 0.348. The zero-order chi connectivity index (χ0) is 20.1. The number of hydrogen-bond acceptors (Lipinski definition) is 3. The molecule has 0 bridgehead atoms. The predicted molar refractivity (Wildman–Crippen MR) is 131 cm³/mol. The molecule has 0 unspecified atom stereocenters. The highest BCUT2D eigenvalue weighted by atomic mass is 127. The van der Waals surface area contributed by atoms with Crippen LogP contribution in [0.3, 0.4) is 0 Å². The van der Waals surface area contributed by atoms with Gasteiger partial charge in [0, 0.05) is 19.0 Å². The van der Waals surface area contributed by atoms with Gasteiger partial charge in [0.05, 0.1) is 13.1 Å². The Hall–Kier alpha value is -2.42. The lowest BCUT2D eigenvalue weighted by molar-refractivity contribution is 0.637. The van der Waals surface area contributed by atoms with Gasteiger partial charge in [-0.15, -0.1) is 34.2 Å². The quantitative estimate of drug-likeness (QED) is 0.286. The van der Waals surface area contributed by atoms with E-state index in [-0.39, 0.29) is 29.4 Å². The van der Waals surface area contributed by atoms with Crippen LogP contribution in [0.25, 0.3) is 0 Å². The first-order chi connectivity index (χ1) is 14.2. The van der Waals surface area contributed by atoms with Crippen molar-refractivity contribution in [2.24, 2.45) is 12.0 Å². The number of nitrogens with one attached hydrogen (secondary N) is 2. The smallest absolute Gasteiger partial charge is 0.192 e. The summed E-state index contributed by atoms with van der Waals surface area (Å²) in [6, 6.07) is 21.1. The number of hydrogen-bond donors (Lipinski definition) is 2. The second-order valence-electron chi connectivity index (χ2n) is 7.73. The summed E-state index contributed by atoms with van der Waals surface area (Å²) in [4.78, 5) is 4.81. The first-order valence-electron chi connectivity index (χ1n) is 10.1. The van der Waals surface area contributed by atoms with Crippen LogP contribution in [-0.2, 0) is 25.6 Å². The van der Waals surface area contributed by atoms with Crippen molar-refractivity contribution in [2.45, 2.75) is 38.3 Å². The number of nitrogens with zero attached hydrogens (tertiary/aromatic N) is 4. The van der Waals surface area contributed by atoms with Gasteiger partial charge in [0.2, 0.25) is 0 Å². The molecular formula is C23H29IN6. The number of rotatable bonds is 7. The normalized spacial score (nSPS) is 14.7. The van der Waals surface area contributed by atoms with E-state index in [4.69, 9.17) is 4.99 Å². The molecule has 1 aromatic heterocycles. The Kier molecular flexibility index (Phi) is 7.47. The molecular weight excluding hydrogens is 487 g/mol. The van der Waals surface area contributed by atoms with E-state index in [2.05, 4.69) is 63.3 Å². The second kappa shape index (κ2) is 10.1. The third kappa shape index (κ3) is 5.38. The van der Waals surface area contributed by atoms with Crippen LogP contribution in [0.15, 0.2) is 65.7 Å². The van der Waals surface area contributed by atoms with Crippen LogP contribution in [0.5, 0.6) is 0 Å².